The van der Waals surface area contributed by atoms with Crippen molar-refractivity contribution in [2.45, 2.75) is 25.9 Å². The van der Waals surface area contributed by atoms with Gasteiger partial charge in [0, 0.05) is 18.7 Å². The smallest absolute Gasteiger partial charge is 0.146 e. The summed E-state index contributed by atoms with van der Waals surface area (Å²) in [4.78, 5) is 8.88. The number of hydrogen-bond acceptors (Lipinski definition) is 5. The minimum absolute atomic E-state index is 0.204. The summed E-state index contributed by atoms with van der Waals surface area (Å²) in [6.45, 7) is 6.50. The Morgan fingerprint density at radius 3 is 2.79 bits per heavy atom. The zero-order valence-corrected chi connectivity index (χ0v) is 19.5. The number of hydrogen-bond donors (Lipinski definition) is 3. The number of halogens is 3. The highest BCUT2D eigenvalue weighted by atomic mass is 35.5. The summed E-state index contributed by atoms with van der Waals surface area (Å²) in [5.74, 6) is 0.595. The Bertz CT molecular complexity index is 1180. The predicted octanol–water partition coefficient (Wildman–Crippen LogP) is 4.74. The fourth-order valence-corrected chi connectivity index (χ4v) is 4.28. The summed E-state index contributed by atoms with van der Waals surface area (Å²) in [6, 6.07) is 11.0. The molecule has 0 saturated carbocycles. The lowest BCUT2D eigenvalue weighted by molar-refractivity contribution is 0.339. The maximum Gasteiger partial charge on any atom is 0.146 e. The summed E-state index contributed by atoms with van der Waals surface area (Å²) < 4.78 is 30.4. The second-order valence-corrected chi connectivity index (χ2v) is 8.68. The summed E-state index contributed by atoms with van der Waals surface area (Å²) >= 11 is 6.35. The van der Waals surface area contributed by atoms with Crippen LogP contribution in [0.2, 0.25) is 5.02 Å². The minimum atomic E-state index is -0.472. The Hall–Kier alpha value is -3.23. The topological polar surface area (TPSA) is 80.3 Å². The van der Waals surface area contributed by atoms with Crippen molar-refractivity contribution in [3.05, 3.63) is 82.8 Å². The molecular weight excluding hydrogens is 458 g/mol. The molecule has 2 heterocycles. The number of nitrogens with zero attached hydrogens (tertiary/aromatic N) is 3. The van der Waals surface area contributed by atoms with Crippen molar-refractivity contribution in [2.24, 2.45) is 10.9 Å². The van der Waals surface area contributed by atoms with Crippen LogP contribution in [-0.4, -0.2) is 28.9 Å². The van der Waals surface area contributed by atoms with Gasteiger partial charge in [0.2, 0.25) is 0 Å². The van der Waals surface area contributed by atoms with Gasteiger partial charge >= 0.3 is 0 Å². The molecule has 34 heavy (non-hydrogen) atoms. The molecular formula is C25H27ClF2N6. The molecule has 1 aliphatic rings. The molecule has 9 heteroatoms. The van der Waals surface area contributed by atoms with Crippen molar-refractivity contribution in [1.82, 2.24) is 20.2 Å². The molecule has 0 unspecified atom stereocenters. The van der Waals surface area contributed by atoms with E-state index in [9.17, 15) is 8.78 Å². The van der Waals surface area contributed by atoms with E-state index in [-0.39, 0.29) is 22.9 Å². The Balaban J connectivity index is 1.59. The van der Waals surface area contributed by atoms with Gasteiger partial charge in [0.1, 0.15) is 34.8 Å². The molecule has 1 fully saturated rings. The summed E-state index contributed by atoms with van der Waals surface area (Å²) in [7, 11) is 0. The van der Waals surface area contributed by atoms with E-state index in [4.69, 9.17) is 17.3 Å². The van der Waals surface area contributed by atoms with Crippen LogP contribution >= 0.6 is 11.6 Å². The fourth-order valence-electron chi connectivity index (χ4n) is 4.03. The molecule has 2 aromatic carbocycles. The Morgan fingerprint density at radius 1 is 1.26 bits per heavy atom. The molecule has 4 rings (SSSR count). The second-order valence-electron chi connectivity index (χ2n) is 8.28. The summed E-state index contributed by atoms with van der Waals surface area (Å²) in [5.41, 5.74) is 7.54. The van der Waals surface area contributed by atoms with E-state index >= 15 is 0 Å². The summed E-state index contributed by atoms with van der Waals surface area (Å²) in [6.07, 6.45) is 3.58. The van der Waals surface area contributed by atoms with E-state index in [0.717, 1.165) is 25.9 Å². The minimum Gasteiger partial charge on any atom is -0.383 e. The molecule has 1 saturated heterocycles. The average Bonchev–Trinajstić information content (AvgIpc) is 3.12. The van der Waals surface area contributed by atoms with Gasteiger partial charge in [-0.15, -0.1) is 0 Å². The van der Waals surface area contributed by atoms with Crippen LogP contribution in [-0.2, 0) is 13.1 Å². The zero-order chi connectivity index (χ0) is 24.1. The fraction of sp³-hybridized carbons (Fsp3) is 0.280. The van der Waals surface area contributed by atoms with E-state index in [2.05, 4.69) is 27.2 Å². The molecule has 3 aromatic rings. The van der Waals surface area contributed by atoms with Crippen LogP contribution in [0.25, 0.3) is 11.4 Å². The normalized spacial score (nSPS) is 16.1. The lowest BCUT2D eigenvalue weighted by Gasteiger charge is -2.24. The molecule has 0 amide bonds. The SMILES string of the molecule is C=C(N=Cc1nc(-c2c(F)cccc2Cl)n(C[C@H]2CCCNC2)c1N)NCc1ccccc1F. The van der Waals surface area contributed by atoms with Gasteiger partial charge in [-0.2, -0.15) is 0 Å². The zero-order valence-electron chi connectivity index (χ0n) is 18.7. The van der Waals surface area contributed by atoms with E-state index in [0.29, 0.717) is 41.2 Å². The van der Waals surface area contributed by atoms with Crippen LogP contribution in [0.15, 0.2) is 59.9 Å². The second kappa shape index (κ2) is 10.8. The van der Waals surface area contributed by atoms with Gasteiger partial charge in [-0.1, -0.05) is 42.4 Å². The standard InChI is InChI=1S/C25H27ClF2N6/c1-16(31-13-18-7-2-3-9-20(18)27)32-14-22-24(29)34(15-17-6-5-11-30-12-17)25(33-22)23-19(26)8-4-10-21(23)28/h2-4,7-10,14,17,30-31H,1,5-6,11-13,15,29H2/t17-/m0/s1. The number of piperidine rings is 1. The van der Waals surface area contributed by atoms with Crippen LogP contribution in [0.4, 0.5) is 14.6 Å². The first kappa shape index (κ1) is 23.9. The third kappa shape index (κ3) is 5.46. The molecule has 178 valence electrons. The number of aliphatic imine (C=N–C) groups is 1. The predicted molar refractivity (Wildman–Crippen MR) is 133 cm³/mol. The third-order valence-corrected chi connectivity index (χ3v) is 6.16. The molecule has 0 bridgehead atoms. The van der Waals surface area contributed by atoms with Crippen molar-refractivity contribution in [3.63, 3.8) is 0 Å². The van der Waals surface area contributed by atoms with Crippen molar-refractivity contribution in [1.29, 1.82) is 0 Å². The van der Waals surface area contributed by atoms with Crippen LogP contribution in [0.5, 0.6) is 0 Å². The molecule has 0 aliphatic carbocycles. The lowest BCUT2D eigenvalue weighted by atomic mass is 9.99. The monoisotopic (exact) mass is 484 g/mol. The van der Waals surface area contributed by atoms with Crippen molar-refractivity contribution in [2.75, 3.05) is 18.8 Å². The summed E-state index contributed by atoms with van der Waals surface area (Å²) in [5, 5.41) is 6.61. The first-order chi connectivity index (χ1) is 16.4. The number of nitrogens with two attached hydrogens (primary N) is 1. The van der Waals surface area contributed by atoms with Crippen LogP contribution in [0.3, 0.4) is 0 Å². The number of rotatable bonds is 8. The maximum absolute atomic E-state index is 14.8. The third-order valence-electron chi connectivity index (χ3n) is 5.84. The van der Waals surface area contributed by atoms with Gasteiger partial charge in [0.25, 0.3) is 0 Å². The molecule has 1 atom stereocenters. The average molecular weight is 485 g/mol. The molecule has 4 N–H and O–H groups in total. The van der Waals surface area contributed by atoms with Crippen LogP contribution in [0, 0.1) is 17.6 Å². The Kier molecular flexibility index (Phi) is 7.59. The van der Waals surface area contributed by atoms with Crippen LogP contribution in [0.1, 0.15) is 24.1 Å². The lowest BCUT2D eigenvalue weighted by Crippen LogP contribution is -2.32. The quantitative estimate of drug-likeness (QED) is 0.403. The number of anilines is 1. The Labute approximate surface area is 202 Å². The van der Waals surface area contributed by atoms with Crippen molar-refractivity contribution >= 4 is 23.6 Å². The highest BCUT2D eigenvalue weighted by Gasteiger charge is 2.23. The highest BCUT2D eigenvalue weighted by Crippen LogP contribution is 2.33. The largest absolute Gasteiger partial charge is 0.383 e. The van der Waals surface area contributed by atoms with Gasteiger partial charge in [0.05, 0.1) is 16.8 Å². The molecule has 0 spiro atoms. The Morgan fingerprint density at radius 2 is 2.06 bits per heavy atom. The van der Waals surface area contributed by atoms with Gasteiger partial charge in [-0.3, -0.25) is 0 Å². The molecule has 1 aliphatic heterocycles. The first-order valence-electron chi connectivity index (χ1n) is 11.2. The van der Waals surface area contributed by atoms with Gasteiger partial charge in [0.15, 0.2) is 0 Å². The molecule has 6 nitrogen and oxygen atoms in total. The van der Waals surface area contributed by atoms with Gasteiger partial charge in [-0.25, -0.2) is 18.8 Å². The van der Waals surface area contributed by atoms with E-state index in [1.807, 2.05) is 0 Å². The van der Waals surface area contributed by atoms with Crippen molar-refractivity contribution < 1.29 is 8.78 Å². The highest BCUT2D eigenvalue weighted by molar-refractivity contribution is 6.33. The van der Waals surface area contributed by atoms with E-state index < -0.39 is 5.82 Å². The maximum atomic E-state index is 14.8. The molecule has 1 aromatic heterocycles. The van der Waals surface area contributed by atoms with Crippen molar-refractivity contribution in [3.8, 4) is 11.4 Å². The number of aromatic nitrogens is 2. The number of nitrogens with one attached hydrogen (secondary N) is 2. The van der Waals surface area contributed by atoms with Gasteiger partial charge in [-0.05, 0) is 50.0 Å². The first-order valence-corrected chi connectivity index (χ1v) is 11.5. The van der Waals surface area contributed by atoms with E-state index in [1.165, 1.54) is 18.3 Å². The number of nitrogen functional groups attached to an aromatic ring is 1. The number of benzene rings is 2. The van der Waals surface area contributed by atoms with Crippen LogP contribution < -0.4 is 16.4 Å². The number of imidazole rings is 1. The van der Waals surface area contributed by atoms with E-state index in [1.54, 1.807) is 34.9 Å². The van der Waals surface area contributed by atoms with Gasteiger partial charge < -0.3 is 20.9 Å². The molecule has 0 radical (unpaired) electrons.